The molecule has 4 heteroatoms. The van der Waals surface area contributed by atoms with Gasteiger partial charge in [0.2, 0.25) is 0 Å². The topological polar surface area (TPSA) is 29.1 Å². The second-order valence-electron chi connectivity index (χ2n) is 4.43. The Balaban J connectivity index is 2.48. The zero-order valence-electron chi connectivity index (χ0n) is 10.2. The van der Waals surface area contributed by atoms with Crippen LogP contribution in [-0.4, -0.2) is 22.8 Å². The molecule has 1 N–H and O–H groups in total. The molecule has 0 aliphatic heterocycles. The van der Waals surface area contributed by atoms with E-state index in [4.69, 9.17) is 0 Å². The van der Waals surface area contributed by atoms with Crippen molar-refractivity contribution < 1.29 is 4.21 Å². The van der Waals surface area contributed by atoms with Crippen LogP contribution in [0.4, 0.5) is 0 Å². The normalized spacial score (nSPS) is 15.2. The molecule has 0 fully saturated rings. The number of hydrogen-bond acceptors (Lipinski definition) is 3. The lowest BCUT2D eigenvalue weighted by molar-refractivity contribution is 0.444. The smallest absolute Gasteiger partial charge is 0.0417 e. The second kappa shape index (κ2) is 7.20. The average molecular weight is 259 g/mol. The van der Waals surface area contributed by atoms with Gasteiger partial charge in [0.05, 0.1) is 0 Å². The van der Waals surface area contributed by atoms with E-state index in [1.165, 1.54) is 4.88 Å². The quantitative estimate of drug-likeness (QED) is 0.816. The lowest BCUT2D eigenvalue weighted by Gasteiger charge is -2.19. The Hall–Kier alpha value is -0.190. The van der Waals surface area contributed by atoms with Gasteiger partial charge in [-0.25, -0.2) is 0 Å². The van der Waals surface area contributed by atoms with E-state index in [0.29, 0.717) is 12.0 Å². The van der Waals surface area contributed by atoms with Crippen LogP contribution in [0, 0.1) is 5.92 Å². The summed E-state index contributed by atoms with van der Waals surface area (Å²) in [6, 6.07) is 4.68. The van der Waals surface area contributed by atoms with Crippen LogP contribution in [0.5, 0.6) is 0 Å². The highest BCUT2D eigenvalue weighted by Gasteiger charge is 2.13. The largest absolute Gasteiger partial charge is 0.308 e. The molecule has 0 spiro atoms. The van der Waals surface area contributed by atoms with Crippen LogP contribution in [-0.2, 0) is 10.8 Å². The molecule has 1 aromatic heterocycles. The van der Waals surface area contributed by atoms with Gasteiger partial charge in [0.15, 0.2) is 0 Å². The highest BCUT2D eigenvalue weighted by atomic mass is 32.2. The van der Waals surface area contributed by atoms with E-state index in [2.05, 4.69) is 36.7 Å². The maximum Gasteiger partial charge on any atom is 0.0417 e. The fourth-order valence-electron chi connectivity index (χ4n) is 1.64. The first-order valence-electron chi connectivity index (χ1n) is 5.66. The minimum absolute atomic E-state index is 0.420. The van der Waals surface area contributed by atoms with E-state index in [1.807, 2.05) is 0 Å². The molecule has 2 unspecified atom stereocenters. The third kappa shape index (κ3) is 5.23. The van der Waals surface area contributed by atoms with Gasteiger partial charge in [-0.15, -0.1) is 11.3 Å². The van der Waals surface area contributed by atoms with E-state index < -0.39 is 10.8 Å². The van der Waals surface area contributed by atoms with Gasteiger partial charge in [-0.3, -0.25) is 4.21 Å². The molecule has 0 aromatic carbocycles. The standard InChI is InChI=1S/C12H21NOS2/c1-10(2)9-11(12-5-4-7-15-12)13-6-8-16(3)14/h4-5,7,10-11,13H,6,8-9H2,1-3H3. The van der Waals surface area contributed by atoms with Gasteiger partial charge >= 0.3 is 0 Å². The molecule has 0 saturated carbocycles. The van der Waals surface area contributed by atoms with Crippen LogP contribution in [0.15, 0.2) is 17.5 Å². The Labute approximate surface area is 105 Å². The summed E-state index contributed by atoms with van der Waals surface area (Å²) in [6.45, 7) is 5.30. The van der Waals surface area contributed by atoms with E-state index >= 15 is 0 Å². The van der Waals surface area contributed by atoms with Crippen LogP contribution in [0.2, 0.25) is 0 Å². The Morgan fingerprint density at radius 2 is 2.25 bits per heavy atom. The van der Waals surface area contributed by atoms with E-state index in [1.54, 1.807) is 17.6 Å². The van der Waals surface area contributed by atoms with Gasteiger partial charge < -0.3 is 5.32 Å². The van der Waals surface area contributed by atoms with Gasteiger partial charge in [0.1, 0.15) is 0 Å². The predicted molar refractivity (Wildman–Crippen MR) is 73.5 cm³/mol. The first-order valence-corrected chi connectivity index (χ1v) is 8.27. The van der Waals surface area contributed by atoms with Crippen molar-refractivity contribution in [3.8, 4) is 0 Å². The monoisotopic (exact) mass is 259 g/mol. The third-order valence-electron chi connectivity index (χ3n) is 2.37. The minimum Gasteiger partial charge on any atom is -0.308 e. The minimum atomic E-state index is -0.701. The summed E-state index contributed by atoms with van der Waals surface area (Å²) in [5.74, 6) is 1.41. The highest BCUT2D eigenvalue weighted by molar-refractivity contribution is 7.84. The molecule has 0 aliphatic carbocycles. The van der Waals surface area contributed by atoms with Crippen molar-refractivity contribution in [2.24, 2.45) is 5.92 Å². The summed E-state index contributed by atoms with van der Waals surface area (Å²) in [4.78, 5) is 1.38. The number of rotatable bonds is 7. The van der Waals surface area contributed by atoms with E-state index in [-0.39, 0.29) is 0 Å². The summed E-state index contributed by atoms with van der Waals surface area (Å²) in [5.41, 5.74) is 0. The van der Waals surface area contributed by atoms with Gasteiger partial charge in [-0.1, -0.05) is 19.9 Å². The average Bonchev–Trinajstić information content (AvgIpc) is 2.67. The summed E-state index contributed by atoms with van der Waals surface area (Å²) >= 11 is 1.79. The Morgan fingerprint density at radius 1 is 1.50 bits per heavy atom. The van der Waals surface area contributed by atoms with Crippen LogP contribution >= 0.6 is 11.3 Å². The first kappa shape index (κ1) is 13.9. The van der Waals surface area contributed by atoms with Crippen LogP contribution in [0.1, 0.15) is 31.2 Å². The molecule has 2 nitrogen and oxygen atoms in total. The maximum absolute atomic E-state index is 11.0. The van der Waals surface area contributed by atoms with Crippen LogP contribution in [0.25, 0.3) is 0 Å². The molecule has 92 valence electrons. The summed E-state index contributed by atoms with van der Waals surface area (Å²) in [7, 11) is -0.701. The van der Waals surface area contributed by atoms with Crippen molar-refractivity contribution in [2.75, 3.05) is 18.6 Å². The third-order valence-corrected chi connectivity index (χ3v) is 4.14. The van der Waals surface area contributed by atoms with Crippen molar-refractivity contribution >= 4 is 22.1 Å². The SMILES string of the molecule is CC(C)CC(NCCS(C)=O)c1cccs1. The molecular weight excluding hydrogens is 238 g/mol. The predicted octanol–water partition coefficient (Wildman–Crippen LogP) is 2.80. The highest BCUT2D eigenvalue weighted by Crippen LogP contribution is 2.24. The van der Waals surface area contributed by atoms with Gasteiger partial charge in [0.25, 0.3) is 0 Å². The van der Waals surface area contributed by atoms with E-state index in [0.717, 1.165) is 18.7 Å². The molecular formula is C12H21NOS2. The number of thiophene rings is 1. The molecule has 0 aliphatic rings. The Morgan fingerprint density at radius 3 is 2.75 bits per heavy atom. The molecule has 0 amide bonds. The fourth-order valence-corrected chi connectivity index (χ4v) is 2.86. The lowest BCUT2D eigenvalue weighted by Crippen LogP contribution is -2.26. The lowest BCUT2D eigenvalue weighted by atomic mass is 10.0. The molecule has 1 rings (SSSR count). The molecule has 1 heterocycles. The van der Waals surface area contributed by atoms with Crippen molar-refractivity contribution in [3.63, 3.8) is 0 Å². The zero-order valence-corrected chi connectivity index (χ0v) is 11.9. The molecule has 0 bridgehead atoms. The molecule has 16 heavy (non-hydrogen) atoms. The van der Waals surface area contributed by atoms with Crippen LogP contribution < -0.4 is 5.32 Å². The summed E-state index contributed by atoms with van der Waals surface area (Å²) in [6.07, 6.45) is 2.89. The van der Waals surface area contributed by atoms with Crippen molar-refractivity contribution in [2.45, 2.75) is 26.3 Å². The van der Waals surface area contributed by atoms with Gasteiger partial charge in [-0.2, -0.15) is 0 Å². The number of nitrogens with one attached hydrogen (secondary N) is 1. The maximum atomic E-state index is 11.0. The first-order chi connectivity index (χ1) is 7.59. The van der Waals surface area contributed by atoms with Crippen molar-refractivity contribution in [1.82, 2.24) is 5.32 Å². The molecule has 2 atom stereocenters. The molecule has 1 aromatic rings. The van der Waals surface area contributed by atoms with Gasteiger partial charge in [-0.05, 0) is 23.8 Å². The van der Waals surface area contributed by atoms with E-state index in [9.17, 15) is 4.21 Å². The second-order valence-corrected chi connectivity index (χ2v) is 6.96. The van der Waals surface area contributed by atoms with Gasteiger partial charge in [0, 0.05) is 40.3 Å². The molecule has 0 saturated heterocycles. The Bertz CT molecular complexity index is 309. The van der Waals surface area contributed by atoms with Crippen molar-refractivity contribution in [1.29, 1.82) is 0 Å². The zero-order chi connectivity index (χ0) is 12.0. The summed E-state index contributed by atoms with van der Waals surface area (Å²) < 4.78 is 11.0. The molecule has 0 radical (unpaired) electrons. The number of hydrogen-bond donors (Lipinski definition) is 1. The summed E-state index contributed by atoms with van der Waals surface area (Å²) in [5, 5.41) is 5.62. The fraction of sp³-hybridized carbons (Fsp3) is 0.667. The Kier molecular flexibility index (Phi) is 6.24. The van der Waals surface area contributed by atoms with Crippen molar-refractivity contribution in [3.05, 3.63) is 22.4 Å². The van der Waals surface area contributed by atoms with Crippen LogP contribution in [0.3, 0.4) is 0 Å².